The largest absolute Gasteiger partial charge is 0.469 e. The molecular formula is C21H34N6O2. The number of hydrogen-bond donors (Lipinski definition) is 1. The van der Waals surface area contributed by atoms with Crippen molar-refractivity contribution in [1.29, 1.82) is 0 Å². The van der Waals surface area contributed by atoms with Crippen molar-refractivity contribution < 1.29 is 9.53 Å². The molecule has 3 rings (SSSR count). The average Bonchev–Trinajstić information content (AvgIpc) is 3.12. The number of aromatic nitrogens is 1. The van der Waals surface area contributed by atoms with Crippen LogP contribution < -0.4 is 10.2 Å². The second-order valence-corrected chi connectivity index (χ2v) is 7.99. The van der Waals surface area contributed by atoms with Gasteiger partial charge in [0.25, 0.3) is 0 Å². The Morgan fingerprint density at radius 2 is 2.07 bits per heavy atom. The van der Waals surface area contributed by atoms with Crippen molar-refractivity contribution in [2.24, 2.45) is 16.8 Å². The summed E-state index contributed by atoms with van der Waals surface area (Å²) in [5.74, 6) is 1.88. The first-order valence-electron chi connectivity index (χ1n) is 10.5. The Balaban J connectivity index is 1.68. The number of nitrogens with zero attached hydrogens (tertiary/aromatic N) is 5. The van der Waals surface area contributed by atoms with Gasteiger partial charge < -0.3 is 24.8 Å². The normalized spacial score (nSPS) is 23.4. The summed E-state index contributed by atoms with van der Waals surface area (Å²) in [7, 11) is 3.61. The van der Waals surface area contributed by atoms with E-state index in [4.69, 9.17) is 9.73 Å². The predicted octanol–water partition coefficient (Wildman–Crippen LogP) is 1.04. The van der Waals surface area contributed by atoms with E-state index >= 15 is 0 Å². The van der Waals surface area contributed by atoms with E-state index in [1.807, 2.05) is 12.3 Å². The SMILES string of the molecule is CCNC(=NCc1ccnc(N2CCN(C)CC2)c1)N1CC(C)C(C(=O)OC)C1. The number of carbonyl (C=O) groups is 1. The molecule has 160 valence electrons. The summed E-state index contributed by atoms with van der Waals surface area (Å²) in [5, 5.41) is 3.37. The highest BCUT2D eigenvalue weighted by Crippen LogP contribution is 2.24. The zero-order valence-corrected chi connectivity index (χ0v) is 18.1. The lowest BCUT2D eigenvalue weighted by molar-refractivity contribution is -0.145. The first kappa shape index (κ1) is 21.4. The fourth-order valence-corrected chi connectivity index (χ4v) is 3.96. The van der Waals surface area contributed by atoms with Crippen molar-refractivity contribution in [2.45, 2.75) is 20.4 Å². The molecule has 2 aliphatic heterocycles. The number of piperazine rings is 1. The quantitative estimate of drug-likeness (QED) is 0.448. The molecule has 1 N–H and O–H groups in total. The summed E-state index contributed by atoms with van der Waals surface area (Å²) >= 11 is 0. The van der Waals surface area contributed by atoms with Gasteiger partial charge in [0.2, 0.25) is 0 Å². The Morgan fingerprint density at radius 1 is 1.31 bits per heavy atom. The summed E-state index contributed by atoms with van der Waals surface area (Å²) in [6.45, 7) is 11.1. The molecule has 8 nitrogen and oxygen atoms in total. The number of carbonyl (C=O) groups excluding carboxylic acids is 1. The highest BCUT2D eigenvalue weighted by molar-refractivity contribution is 5.82. The van der Waals surface area contributed by atoms with Crippen molar-refractivity contribution in [3.05, 3.63) is 23.9 Å². The van der Waals surface area contributed by atoms with E-state index in [9.17, 15) is 4.79 Å². The van der Waals surface area contributed by atoms with Gasteiger partial charge in [-0.1, -0.05) is 6.92 Å². The monoisotopic (exact) mass is 402 g/mol. The summed E-state index contributed by atoms with van der Waals surface area (Å²) in [4.78, 5) is 28.3. The van der Waals surface area contributed by atoms with Gasteiger partial charge in [-0.3, -0.25) is 4.79 Å². The van der Waals surface area contributed by atoms with Gasteiger partial charge in [-0.05, 0) is 37.6 Å². The Bertz CT molecular complexity index is 717. The number of likely N-dealkylation sites (tertiary alicyclic amines) is 1. The molecule has 0 radical (unpaired) electrons. The Hall–Kier alpha value is -2.35. The summed E-state index contributed by atoms with van der Waals surface area (Å²) in [6.07, 6.45) is 1.87. The number of ether oxygens (including phenoxy) is 1. The first-order valence-corrected chi connectivity index (χ1v) is 10.5. The van der Waals surface area contributed by atoms with Crippen LogP contribution in [-0.4, -0.2) is 86.7 Å². The summed E-state index contributed by atoms with van der Waals surface area (Å²) in [6, 6.07) is 4.17. The van der Waals surface area contributed by atoms with Crippen LogP contribution in [-0.2, 0) is 16.1 Å². The van der Waals surface area contributed by atoms with Crippen molar-refractivity contribution >= 4 is 17.7 Å². The molecule has 29 heavy (non-hydrogen) atoms. The molecule has 8 heteroatoms. The number of anilines is 1. The molecule has 2 aliphatic rings. The minimum Gasteiger partial charge on any atom is -0.469 e. The zero-order valence-electron chi connectivity index (χ0n) is 18.1. The molecule has 2 unspecified atom stereocenters. The number of likely N-dealkylation sites (N-methyl/N-ethyl adjacent to an activating group) is 1. The van der Waals surface area contributed by atoms with Crippen LogP contribution in [0.3, 0.4) is 0 Å². The maximum atomic E-state index is 12.0. The van der Waals surface area contributed by atoms with Crippen LogP contribution in [0.5, 0.6) is 0 Å². The van der Waals surface area contributed by atoms with Crippen molar-refractivity contribution in [3.8, 4) is 0 Å². The fourth-order valence-electron chi connectivity index (χ4n) is 3.96. The topological polar surface area (TPSA) is 73.3 Å². The van der Waals surface area contributed by atoms with Gasteiger partial charge in [-0.2, -0.15) is 0 Å². The van der Waals surface area contributed by atoms with Crippen molar-refractivity contribution in [1.82, 2.24) is 20.1 Å². The van der Waals surface area contributed by atoms with Crippen molar-refractivity contribution in [3.63, 3.8) is 0 Å². The van der Waals surface area contributed by atoms with E-state index in [1.54, 1.807) is 0 Å². The van der Waals surface area contributed by atoms with Crippen LogP contribution in [0, 0.1) is 11.8 Å². The van der Waals surface area contributed by atoms with E-state index < -0.39 is 0 Å². The number of hydrogen-bond acceptors (Lipinski definition) is 6. The summed E-state index contributed by atoms with van der Waals surface area (Å²) < 4.78 is 4.96. The molecule has 3 heterocycles. The van der Waals surface area contributed by atoms with Crippen LogP contribution in [0.4, 0.5) is 5.82 Å². The molecular weight excluding hydrogens is 368 g/mol. The van der Waals surface area contributed by atoms with Crippen molar-refractivity contribution in [2.75, 3.05) is 64.9 Å². The molecule has 1 aromatic rings. The highest BCUT2D eigenvalue weighted by atomic mass is 16.5. The highest BCUT2D eigenvalue weighted by Gasteiger charge is 2.36. The van der Waals surface area contributed by atoms with Crippen LogP contribution in [0.15, 0.2) is 23.3 Å². The van der Waals surface area contributed by atoms with E-state index in [0.29, 0.717) is 13.1 Å². The summed E-state index contributed by atoms with van der Waals surface area (Å²) in [5.41, 5.74) is 1.14. The maximum Gasteiger partial charge on any atom is 0.310 e. The van der Waals surface area contributed by atoms with Gasteiger partial charge in [-0.15, -0.1) is 0 Å². The van der Waals surface area contributed by atoms with Gasteiger partial charge >= 0.3 is 5.97 Å². The standard InChI is InChI=1S/C21H34N6O2/c1-5-22-21(27-14-16(2)18(15-27)20(28)29-4)24-13-17-6-7-23-19(12-17)26-10-8-25(3)9-11-26/h6-7,12,16,18H,5,8-11,13-15H2,1-4H3,(H,22,24). The van der Waals surface area contributed by atoms with E-state index in [-0.39, 0.29) is 17.8 Å². The average molecular weight is 403 g/mol. The third-order valence-electron chi connectivity index (χ3n) is 5.80. The number of rotatable bonds is 5. The maximum absolute atomic E-state index is 12.0. The van der Waals surface area contributed by atoms with Crippen LogP contribution in [0.1, 0.15) is 19.4 Å². The number of guanidine groups is 1. The lowest BCUT2D eigenvalue weighted by Crippen LogP contribution is -2.44. The smallest absolute Gasteiger partial charge is 0.310 e. The van der Waals surface area contributed by atoms with E-state index in [2.05, 4.69) is 52.0 Å². The number of nitrogens with one attached hydrogen (secondary N) is 1. The number of aliphatic imine (C=N–C) groups is 1. The molecule has 2 fully saturated rings. The van der Waals surface area contributed by atoms with Gasteiger partial charge in [-0.25, -0.2) is 9.98 Å². The molecule has 1 aromatic heterocycles. The molecule has 0 bridgehead atoms. The van der Waals surface area contributed by atoms with Gasteiger partial charge in [0, 0.05) is 52.0 Å². The predicted molar refractivity (Wildman–Crippen MR) is 115 cm³/mol. The van der Waals surface area contributed by atoms with Crippen LogP contribution >= 0.6 is 0 Å². The third-order valence-corrected chi connectivity index (χ3v) is 5.80. The Labute approximate surface area is 173 Å². The molecule has 0 spiro atoms. The molecule has 0 amide bonds. The van der Waals surface area contributed by atoms with Crippen LogP contribution in [0.2, 0.25) is 0 Å². The second-order valence-electron chi connectivity index (χ2n) is 7.99. The van der Waals surface area contributed by atoms with Crippen LogP contribution in [0.25, 0.3) is 0 Å². The third kappa shape index (κ3) is 5.38. The molecule has 2 saturated heterocycles. The van der Waals surface area contributed by atoms with Gasteiger partial charge in [0.05, 0.1) is 19.6 Å². The van der Waals surface area contributed by atoms with Gasteiger partial charge in [0.1, 0.15) is 5.82 Å². The Morgan fingerprint density at radius 3 is 2.76 bits per heavy atom. The second kappa shape index (κ2) is 9.91. The number of methoxy groups -OCH3 is 1. The lowest BCUT2D eigenvalue weighted by atomic mass is 9.99. The fraction of sp³-hybridized carbons (Fsp3) is 0.667. The zero-order chi connectivity index (χ0) is 20.8. The molecule has 2 atom stereocenters. The minimum atomic E-state index is -0.137. The number of pyridine rings is 1. The number of esters is 1. The minimum absolute atomic E-state index is 0.103. The first-order chi connectivity index (χ1) is 14.0. The van der Waals surface area contributed by atoms with E-state index in [0.717, 1.165) is 56.6 Å². The molecule has 0 aromatic carbocycles. The molecule has 0 aliphatic carbocycles. The van der Waals surface area contributed by atoms with E-state index in [1.165, 1.54) is 7.11 Å². The Kier molecular flexibility index (Phi) is 7.30. The lowest BCUT2D eigenvalue weighted by Gasteiger charge is -2.33. The molecule has 0 saturated carbocycles. The van der Waals surface area contributed by atoms with Gasteiger partial charge in [0.15, 0.2) is 5.96 Å².